The third-order valence-corrected chi connectivity index (χ3v) is 5.84. The largest absolute Gasteiger partial charge is 0.390 e. The molecule has 1 heterocycles. The van der Waals surface area contributed by atoms with Crippen LogP contribution in [0.25, 0.3) is 0 Å². The Morgan fingerprint density at radius 2 is 1.57 bits per heavy atom. The van der Waals surface area contributed by atoms with E-state index < -0.39 is 0 Å². The molecule has 3 atom stereocenters. The van der Waals surface area contributed by atoms with Crippen LogP contribution in [0.15, 0.2) is 30.3 Å². The van der Waals surface area contributed by atoms with Crippen molar-refractivity contribution in [2.45, 2.75) is 115 Å². The zero-order valence-electron chi connectivity index (χ0n) is 18.0. The fourth-order valence-corrected chi connectivity index (χ4v) is 4.05. The Labute approximate surface area is 172 Å². The number of aliphatic hydroxyl groups excluding tert-OH is 1. The lowest BCUT2D eigenvalue weighted by Crippen LogP contribution is -2.27. The summed E-state index contributed by atoms with van der Waals surface area (Å²) in [6.07, 6.45) is 16.0. The molecule has 3 nitrogen and oxygen atoms in total. The van der Waals surface area contributed by atoms with Gasteiger partial charge in [-0.15, -0.1) is 0 Å². The molecule has 1 aromatic rings. The summed E-state index contributed by atoms with van der Waals surface area (Å²) >= 11 is 0. The Bertz CT molecular complexity index is 476. The Morgan fingerprint density at radius 3 is 2.25 bits per heavy atom. The van der Waals surface area contributed by atoms with Gasteiger partial charge in [0, 0.05) is 0 Å². The van der Waals surface area contributed by atoms with Gasteiger partial charge in [0.1, 0.15) is 0 Å². The number of aliphatic hydroxyl groups is 1. The van der Waals surface area contributed by atoms with Crippen molar-refractivity contribution in [2.24, 2.45) is 0 Å². The van der Waals surface area contributed by atoms with Crippen LogP contribution in [0.2, 0.25) is 0 Å². The Kier molecular flexibility index (Phi) is 12.5. The van der Waals surface area contributed by atoms with E-state index in [2.05, 4.69) is 19.1 Å². The second kappa shape index (κ2) is 15.0. The average molecular weight is 391 g/mol. The molecule has 1 aliphatic rings. The summed E-state index contributed by atoms with van der Waals surface area (Å²) in [5.41, 5.74) is 1.19. The van der Waals surface area contributed by atoms with E-state index in [1.54, 1.807) is 0 Å². The molecule has 1 N–H and O–H groups in total. The first-order valence-electron chi connectivity index (χ1n) is 11.7. The molecule has 1 saturated heterocycles. The van der Waals surface area contributed by atoms with Crippen LogP contribution in [0.5, 0.6) is 0 Å². The van der Waals surface area contributed by atoms with Crippen LogP contribution in [0.3, 0.4) is 0 Å². The molecule has 0 bridgehead atoms. The summed E-state index contributed by atoms with van der Waals surface area (Å²) in [6.45, 7) is 3.52. The summed E-state index contributed by atoms with van der Waals surface area (Å²) in [6, 6.07) is 10.2. The first-order valence-corrected chi connectivity index (χ1v) is 11.7. The third-order valence-electron chi connectivity index (χ3n) is 5.84. The smallest absolute Gasteiger partial charge is 0.0839 e. The number of unbranched alkanes of at least 4 members (excludes halogenated alkanes) is 9. The predicted molar refractivity (Wildman–Crippen MR) is 116 cm³/mol. The van der Waals surface area contributed by atoms with Gasteiger partial charge in [-0.25, -0.2) is 0 Å². The fourth-order valence-electron chi connectivity index (χ4n) is 4.05. The SMILES string of the molecule is CCCCCCCCCCCC[C@H](O)[C@@H]1CC[C@@H](COCc2ccccc2)O1. The van der Waals surface area contributed by atoms with E-state index in [9.17, 15) is 5.11 Å². The van der Waals surface area contributed by atoms with Crippen molar-refractivity contribution in [3.8, 4) is 0 Å². The maximum Gasteiger partial charge on any atom is 0.0839 e. The number of hydrogen-bond acceptors (Lipinski definition) is 3. The van der Waals surface area contributed by atoms with Crippen molar-refractivity contribution in [3.63, 3.8) is 0 Å². The van der Waals surface area contributed by atoms with Crippen LogP contribution in [0.1, 0.15) is 96.0 Å². The lowest BCUT2D eigenvalue weighted by Gasteiger charge is -2.19. The van der Waals surface area contributed by atoms with Crippen molar-refractivity contribution >= 4 is 0 Å². The quantitative estimate of drug-likeness (QED) is 0.331. The van der Waals surface area contributed by atoms with E-state index in [1.165, 1.54) is 63.4 Å². The molecule has 0 radical (unpaired) electrons. The summed E-state index contributed by atoms with van der Waals surface area (Å²) in [4.78, 5) is 0. The molecule has 28 heavy (non-hydrogen) atoms. The molecule has 1 aromatic carbocycles. The monoisotopic (exact) mass is 390 g/mol. The Hall–Kier alpha value is -0.900. The van der Waals surface area contributed by atoms with Gasteiger partial charge in [0.05, 0.1) is 31.5 Å². The Balaban J connectivity index is 1.43. The average Bonchev–Trinajstić information content (AvgIpc) is 3.19. The number of rotatable bonds is 16. The first-order chi connectivity index (χ1) is 13.8. The summed E-state index contributed by atoms with van der Waals surface area (Å²) in [5.74, 6) is 0. The van der Waals surface area contributed by atoms with E-state index in [0.29, 0.717) is 13.2 Å². The molecule has 0 saturated carbocycles. The molecule has 0 amide bonds. The molecule has 0 aliphatic carbocycles. The highest BCUT2D eigenvalue weighted by molar-refractivity contribution is 5.13. The lowest BCUT2D eigenvalue weighted by atomic mass is 10.0. The molecule has 3 heteroatoms. The van der Waals surface area contributed by atoms with E-state index in [0.717, 1.165) is 25.7 Å². The standard InChI is InChI=1S/C25H42O3/c1-2-3-4-5-6-7-8-9-10-14-17-24(26)25-19-18-23(28-25)21-27-20-22-15-12-11-13-16-22/h11-13,15-16,23-26H,2-10,14,17-21H2,1H3/t23-,24-,25-/m0/s1. The molecule has 1 aliphatic heterocycles. The van der Waals surface area contributed by atoms with Crippen LogP contribution in [0, 0.1) is 0 Å². The minimum absolute atomic E-state index is 0.00360. The van der Waals surface area contributed by atoms with Crippen molar-refractivity contribution in [2.75, 3.05) is 6.61 Å². The molecule has 1 fully saturated rings. The van der Waals surface area contributed by atoms with Gasteiger partial charge >= 0.3 is 0 Å². The zero-order chi connectivity index (χ0) is 19.9. The van der Waals surface area contributed by atoms with Gasteiger partial charge in [0.15, 0.2) is 0 Å². The van der Waals surface area contributed by atoms with Crippen LogP contribution in [-0.4, -0.2) is 30.0 Å². The van der Waals surface area contributed by atoms with E-state index in [1.807, 2.05) is 18.2 Å². The molecule has 0 aromatic heterocycles. The predicted octanol–water partition coefficient (Wildman–Crippen LogP) is 6.42. The summed E-state index contributed by atoms with van der Waals surface area (Å²) < 4.78 is 11.8. The van der Waals surface area contributed by atoms with Crippen molar-refractivity contribution in [1.82, 2.24) is 0 Å². The van der Waals surface area contributed by atoms with Crippen LogP contribution in [-0.2, 0) is 16.1 Å². The highest BCUT2D eigenvalue weighted by atomic mass is 16.5. The van der Waals surface area contributed by atoms with E-state index >= 15 is 0 Å². The van der Waals surface area contributed by atoms with Gasteiger partial charge in [0.25, 0.3) is 0 Å². The van der Waals surface area contributed by atoms with E-state index in [4.69, 9.17) is 9.47 Å². The third kappa shape index (κ3) is 10.0. The molecule has 0 unspecified atom stereocenters. The van der Waals surface area contributed by atoms with Gasteiger partial charge in [-0.1, -0.05) is 101 Å². The summed E-state index contributed by atoms with van der Waals surface area (Å²) in [7, 11) is 0. The number of benzene rings is 1. The second-order valence-corrected chi connectivity index (χ2v) is 8.41. The maximum absolute atomic E-state index is 10.4. The first kappa shape index (κ1) is 23.4. The molecule has 2 rings (SSSR count). The maximum atomic E-state index is 10.4. The van der Waals surface area contributed by atoms with Crippen molar-refractivity contribution in [1.29, 1.82) is 0 Å². The van der Waals surface area contributed by atoms with Gasteiger partial charge in [0.2, 0.25) is 0 Å². The van der Waals surface area contributed by atoms with Crippen molar-refractivity contribution < 1.29 is 14.6 Å². The topological polar surface area (TPSA) is 38.7 Å². The second-order valence-electron chi connectivity index (χ2n) is 8.41. The Morgan fingerprint density at radius 1 is 0.929 bits per heavy atom. The zero-order valence-corrected chi connectivity index (χ0v) is 18.0. The fraction of sp³-hybridized carbons (Fsp3) is 0.760. The number of hydrogen-bond donors (Lipinski definition) is 1. The minimum Gasteiger partial charge on any atom is -0.390 e. The minimum atomic E-state index is -0.312. The highest BCUT2D eigenvalue weighted by Crippen LogP contribution is 2.25. The highest BCUT2D eigenvalue weighted by Gasteiger charge is 2.30. The lowest BCUT2D eigenvalue weighted by molar-refractivity contribution is -0.0650. The van der Waals surface area contributed by atoms with Crippen molar-refractivity contribution in [3.05, 3.63) is 35.9 Å². The molecule has 0 spiro atoms. The van der Waals surface area contributed by atoms with Gasteiger partial charge in [-0.3, -0.25) is 0 Å². The molecular formula is C25H42O3. The summed E-state index contributed by atoms with van der Waals surface area (Å²) in [5, 5.41) is 10.4. The molecular weight excluding hydrogens is 348 g/mol. The number of ether oxygens (including phenoxy) is 2. The van der Waals surface area contributed by atoms with Gasteiger partial charge in [-0.05, 0) is 24.8 Å². The normalized spacial score (nSPS) is 20.5. The van der Waals surface area contributed by atoms with Gasteiger partial charge < -0.3 is 14.6 Å². The van der Waals surface area contributed by atoms with Crippen LogP contribution in [0.4, 0.5) is 0 Å². The van der Waals surface area contributed by atoms with Crippen LogP contribution < -0.4 is 0 Å². The van der Waals surface area contributed by atoms with Crippen LogP contribution >= 0.6 is 0 Å². The van der Waals surface area contributed by atoms with E-state index in [-0.39, 0.29) is 18.3 Å². The molecule has 160 valence electrons. The van der Waals surface area contributed by atoms with Gasteiger partial charge in [-0.2, -0.15) is 0 Å².